The van der Waals surface area contributed by atoms with Gasteiger partial charge in [-0.25, -0.2) is 4.98 Å². The molecule has 0 N–H and O–H groups in total. The second-order valence-corrected chi connectivity index (χ2v) is 7.23. The maximum absolute atomic E-state index is 13.0. The van der Waals surface area contributed by atoms with E-state index in [4.69, 9.17) is 0 Å². The monoisotopic (exact) mass is 315 g/mol. The minimum absolute atomic E-state index is 0.0591. The molecule has 0 aliphatic carbocycles. The highest BCUT2D eigenvalue weighted by Crippen LogP contribution is 2.28. The van der Waals surface area contributed by atoms with E-state index in [0.717, 1.165) is 29.5 Å². The Bertz CT molecular complexity index is 668. The molecule has 1 amide bonds. The van der Waals surface area contributed by atoms with E-state index in [9.17, 15) is 4.79 Å². The number of amides is 1. The quantitative estimate of drug-likeness (QED) is 0.855. The van der Waals surface area contributed by atoms with E-state index in [1.54, 1.807) is 11.3 Å². The third-order valence-electron chi connectivity index (χ3n) is 4.13. The summed E-state index contributed by atoms with van der Waals surface area (Å²) in [6.07, 6.45) is 0. The zero-order chi connectivity index (χ0) is 15.7. The van der Waals surface area contributed by atoms with Gasteiger partial charge in [0.15, 0.2) is 0 Å². The maximum atomic E-state index is 13.0. The lowest BCUT2D eigenvalue weighted by Gasteiger charge is -2.40. The number of piperazine rings is 1. The Morgan fingerprint density at radius 1 is 1.23 bits per heavy atom. The SMILES string of the molecule is Cc1nc(C(=O)N2CCN(C)CC2c2ccccc2)c(C)s1. The molecule has 0 radical (unpaired) electrons. The van der Waals surface area contributed by atoms with Crippen molar-refractivity contribution in [2.45, 2.75) is 19.9 Å². The fraction of sp³-hybridized carbons (Fsp3) is 0.412. The summed E-state index contributed by atoms with van der Waals surface area (Å²) in [5, 5.41) is 0.950. The average Bonchev–Trinajstić information content (AvgIpc) is 2.86. The topological polar surface area (TPSA) is 36.4 Å². The van der Waals surface area contributed by atoms with Crippen molar-refractivity contribution in [1.82, 2.24) is 14.8 Å². The number of carbonyl (C=O) groups excluding carboxylic acids is 1. The van der Waals surface area contributed by atoms with Crippen LogP contribution in [0.25, 0.3) is 0 Å². The lowest BCUT2D eigenvalue weighted by Crippen LogP contribution is -2.49. The highest BCUT2D eigenvalue weighted by molar-refractivity contribution is 7.11. The van der Waals surface area contributed by atoms with Crippen molar-refractivity contribution in [2.75, 3.05) is 26.7 Å². The molecular formula is C17H21N3OS. The first-order valence-electron chi connectivity index (χ1n) is 7.54. The molecule has 5 heteroatoms. The molecule has 0 saturated carbocycles. The van der Waals surface area contributed by atoms with Crippen molar-refractivity contribution in [3.8, 4) is 0 Å². The Morgan fingerprint density at radius 2 is 1.95 bits per heavy atom. The number of hydrogen-bond donors (Lipinski definition) is 0. The fourth-order valence-corrected chi connectivity index (χ4v) is 3.80. The van der Waals surface area contributed by atoms with Gasteiger partial charge in [-0.2, -0.15) is 0 Å². The predicted molar refractivity (Wildman–Crippen MR) is 89.3 cm³/mol. The van der Waals surface area contributed by atoms with E-state index in [0.29, 0.717) is 5.69 Å². The normalized spacial score (nSPS) is 19.4. The van der Waals surface area contributed by atoms with E-state index in [1.165, 1.54) is 5.56 Å². The van der Waals surface area contributed by atoms with Crippen LogP contribution in [0.5, 0.6) is 0 Å². The van der Waals surface area contributed by atoms with Crippen LogP contribution in [0.15, 0.2) is 30.3 Å². The van der Waals surface area contributed by atoms with Crippen LogP contribution in [-0.2, 0) is 0 Å². The van der Waals surface area contributed by atoms with Crippen LogP contribution in [0.3, 0.4) is 0 Å². The lowest BCUT2D eigenvalue weighted by molar-refractivity contribution is 0.0492. The Kier molecular flexibility index (Phi) is 4.27. The minimum Gasteiger partial charge on any atom is -0.328 e. The summed E-state index contributed by atoms with van der Waals surface area (Å²) in [5.74, 6) is 0.0591. The zero-order valence-electron chi connectivity index (χ0n) is 13.2. The summed E-state index contributed by atoms with van der Waals surface area (Å²) in [6.45, 7) is 6.43. The Balaban J connectivity index is 1.93. The number of hydrogen-bond acceptors (Lipinski definition) is 4. The molecule has 1 aromatic heterocycles. The summed E-state index contributed by atoms with van der Waals surface area (Å²) in [7, 11) is 2.11. The molecule has 2 heterocycles. The first-order chi connectivity index (χ1) is 10.6. The van der Waals surface area contributed by atoms with Gasteiger partial charge in [0.05, 0.1) is 11.0 Å². The number of aryl methyl sites for hydroxylation is 2. The molecule has 1 aliphatic rings. The van der Waals surface area contributed by atoms with Crippen LogP contribution in [-0.4, -0.2) is 47.4 Å². The smallest absolute Gasteiger partial charge is 0.274 e. The number of rotatable bonds is 2. The molecule has 22 heavy (non-hydrogen) atoms. The molecule has 1 saturated heterocycles. The predicted octanol–water partition coefficient (Wildman–Crippen LogP) is 2.89. The Morgan fingerprint density at radius 3 is 2.59 bits per heavy atom. The van der Waals surface area contributed by atoms with E-state index in [2.05, 4.69) is 29.1 Å². The molecule has 1 aromatic carbocycles. The molecule has 1 atom stereocenters. The number of benzene rings is 1. The van der Waals surface area contributed by atoms with Gasteiger partial charge in [-0.05, 0) is 26.5 Å². The second-order valence-electron chi connectivity index (χ2n) is 5.82. The minimum atomic E-state index is 0.0591. The number of likely N-dealkylation sites (N-methyl/N-ethyl adjacent to an activating group) is 1. The van der Waals surface area contributed by atoms with Crippen molar-refractivity contribution < 1.29 is 4.79 Å². The summed E-state index contributed by atoms with van der Waals surface area (Å²) >= 11 is 1.59. The van der Waals surface area contributed by atoms with Gasteiger partial charge in [0.1, 0.15) is 5.69 Å². The first-order valence-corrected chi connectivity index (χ1v) is 8.36. The standard InChI is InChI=1S/C17H21N3OS/c1-12-16(18-13(2)22-12)17(21)20-10-9-19(3)11-15(20)14-7-5-4-6-8-14/h4-8,15H,9-11H2,1-3H3. The van der Waals surface area contributed by atoms with Gasteiger partial charge in [0.2, 0.25) is 0 Å². The lowest BCUT2D eigenvalue weighted by atomic mass is 10.0. The fourth-order valence-electron chi connectivity index (χ4n) is 2.99. The van der Waals surface area contributed by atoms with E-state index >= 15 is 0 Å². The van der Waals surface area contributed by atoms with Crippen LogP contribution in [0.1, 0.15) is 32.0 Å². The maximum Gasteiger partial charge on any atom is 0.274 e. The van der Waals surface area contributed by atoms with E-state index in [1.807, 2.05) is 36.9 Å². The molecule has 116 valence electrons. The second kappa shape index (κ2) is 6.18. The van der Waals surface area contributed by atoms with E-state index in [-0.39, 0.29) is 11.9 Å². The summed E-state index contributed by atoms with van der Waals surface area (Å²) in [5.41, 5.74) is 1.81. The van der Waals surface area contributed by atoms with Gasteiger partial charge in [-0.15, -0.1) is 11.3 Å². The number of aromatic nitrogens is 1. The molecule has 2 aromatic rings. The Hall–Kier alpha value is -1.72. The largest absolute Gasteiger partial charge is 0.328 e. The highest BCUT2D eigenvalue weighted by atomic mass is 32.1. The third kappa shape index (κ3) is 2.91. The van der Waals surface area contributed by atoms with Crippen molar-refractivity contribution in [3.63, 3.8) is 0 Å². The van der Waals surface area contributed by atoms with Gasteiger partial charge in [0, 0.05) is 24.5 Å². The first kappa shape index (κ1) is 15.2. The summed E-state index contributed by atoms with van der Waals surface area (Å²) < 4.78 is 0. The van der Waals surface area contributed by atoms with Gasteiger partial charge in [-0.3, -0.25) is 4.79 Å². The summed E-state index contributed by atoms with van der Waals surface area (Å²) in [6, 6.07) is 10.4. The van der Waals surface area contributed by atoms with Crippen LogP contribution < -0.4 is 0 Å². The molecule has 1 aliphatic heterocycles. The van der Waals surface area contributed by atoms with Crippen molar-refractivity contribution in [1.29, 1.82) is 0 Å². The Labute approximate surface area is 135 Å². The summed E-state index contributed by atoms with van der Waals surface area (Å²) in [4.78, 5) is 22.7. The molecule has 0 bridgehead atoms. The van der Waals surface area contributed by atoms with Crippen molar-refractivity contribution in [2.24, 2.45) is 0 Å². The van der Waals surface area contributed by atoms with Crippen LogP contribution in [0, 0.1) is 13.8 Å². The van der Waals surface area contributed by atoms with Gasteiger partial charge in [-0.1, -0.05) is 30.3 Å². The van der Waals surface area contributed by atoms with Crippen LogP contribution >= 0.6 is 11.3 Å². The molecule has 1 fully saturated rings. The average molecular weight is 315 g/mol. The molecule has 1 unspecified atom stereocenters. The third-order valence-corrected chi connectivity index (χ3v) is 5.02. The molecule has 0 spiro atoms. The number of thiazole rings is 1. The van der Waals surface area contributed by atoms with Gasteiger partial charge >= 0.3 is 0 Å². The zero-order valence-corrected chi connectivity index (χ0v) is 14.1. The van der Waals surface area contributed by atoms with Gasteiger partial charge in [0.25, 0.3) is 5.91 Å². The van der Waals surface area contributed by atoms with Crippen LogP contribution in [0.2, 0.25) is 0 Å². The highest BCUT2D eigenvalue weighted by Gasteiger charge is 2.32. The molecular weight excluding hydrogens is 294 g/mol. The molecule has 4 nitrogen and oxygen atoms in total. The van der Waals surface area contributed by atoms with Crippen molar-refractivity contribution in [3.05, 3.63) is 51.5 Å². The van der Waals surface area contributed by atoms with E-state index < -0.39 is 0 Å². The number of carbonyl (C=O) groups is 1. The van der Waals surface area contributed by atoms with Gasteiger partial charge < -0.3 is 9.80 Å². The molecule has 3 rings (SSSR count). The van der Waals surface area contributed by atoms with Crippen molar-refractivity contribution >= 4 is 17.2 Å². The number of nitrogens with zero attached hydrogens (tertiary/aromatic N) is 3. The van der Waals surface area contributed by atoms with Crippen LogP contribution in [0.4, 0.5) is 0 Å².